The van der Waals surface area contributed by atoms with Crippen LogP contribution in [0.5, 0.6) is 0 Å². The highest BCUT2D eigenvalue weighted by molar-refractivity contribution is 7.14. The molecule has 0 aromatic carbocycles. The van der Waals surface area contributed by atoms with Gasteiger partial charge in [-0.1, -0.05) is 11.6 Å². The Labute approximate surface area is 128 Å². The fraction of sp³-hybridized carbons (Fsp3) is 0.500. The van der Waals surface area contributed by atoms with Crippen LogP contribution in [0, 0.1) is 6.92 Å². The van der Waals surface area contributed by atoms with E-state index in [1.807, 2.05) is 12.3 Å². The summed E-state index contributed by atoms with van der Waals surface area (Å²) in [6, 6.07) is 0. The number of halogens is 1. The van der Waals surface area contributed by atoms with Crippen molar-refractivity contribution in [3.05, 3.63) is 28.1 Å². The lowest BCUT2D eigenvalue weighted by Gasteiger charge is -2.01. The van der Waals surface area contributed by atoms with Gasteiger partial charge in [-0.3, -0.25) is 0 Å². The summed E-state index contributed by atoms with van der Waals surface area (Å²) in [5.41, 5.74) is 1.08. The molecular weight excluding hydrogens is 296 g/mol. The Kier molecular flexibility index (Phi) is 6.04. The second-order valence-corrected chi connectivity index (χ2v) is 5.78. The van der Waals surface area contributed by atoms with Crippen LogP contribution in [0.4, 0.5) is 0 Å². The van der Waals surface area contributed by atoms with Crippen LogP contribution in [-0.2, 0) is 11.2 Å². The number of methoxy groups -OCH3 is 1. The maximum atomic E-state index is 6.23. The molecule has 6 heteroatoms. The van der Waals surface area contributed by atoms with Crippen LogP contribution in [0.1, 0.15) is 17.9 Å². The van der Waals surface area contributed by atoms with E-state index in [4.69, 9.17) is 20.8 Å². The Morgan fingerprint density at radius 1 is 1.45 bits per heavy atom. The minimum Gasteiger partial charge on any atom is -0.440 e. The second kappa shape index (κ2) is 7.78. The summed E-state index contributed by atoms with van der Waals surface area (Å²) in [7, 11) is 1.70. The third kappa shape index (κ3) is 4.06. The van der Waals surface area contributed by atoms with E-state index in [1.54, 1.807) is 24.6 Å². The Hall–Kier alpha value is -0.880. The van der Waals surface area contributed by atoms with Crippen LogP contribution < -0.4 is 5.32 Å². The zero-order chi connectivity index (χ0) is 14.4. The molecule has 2 rings (SSSR count). The summed E-state index contributed by atoms with van der Waals surface area (Å²) >= 11 is 7.82. The zero-order valence-electron chi connectivity index (χ0n) is 11.7. The average Bonchev–Trinajstić information content (AvgIpc) is 3.02. The zero-order valence-corrected chi connectivity index (χ0v) is 13.3. The highest BCUT2D eigenvalue weighted by Crippen LogP contribution is 2.36. The topological polar surface area (TPSA) is 47.3 Å². The number of hydrogen-bond acceptors (Lipinski definition) is 5. The third-order valence-corrected chi connectivity index (χ3v) is 4.62. The first-order chi connectivity index (χ1) is 9.72. The largest absolute Gasteiger partial charge is 0.440 e. The Morgan fingerprint density at radius 3 is 3.00 bits per heavy atom. The quantitative estimate of drug-likeness (QED) is 0.757. The van der Waals surface area contributed by atoms with Crippen LogP contribution in [0.2, 0.25) is 5.02 Å². The molecule has 2 aromatic rings. The molecule has 0 bridgehead atoms. The van der Waals surface area contributed by atoms with Gasteiger partial charge in [-0.25, -0.2) is 4.98 Å². The van der Waals surface area contributed by atoms with Crippen LogP contribution >= 0.6 is 22.9 Å². The first-order valence-corrected chi connectivity index (χ1v) is 7.86. The summed E-state index contributed by atoms with van der Waals surface area (Å²) in [5.74, 6) is 1.52. The standard InChI is InChI=1S/C14H19ClN2O2S/c1-10-9-20-14(13(10)15)11-8-17-12(19-11)4-3-5-16-6-7-18-2/h8-9,16H,3-7H2,1-2H3. The number of thiophene rings is 1. The Morgan fingerprint density at radius 2 is 2.30 bits per heavy atom. The lowest BCUT2D eigenvalue weighted by atomic mass is 10.3. The second-order valence-electron chi connectivity index (χ2n) is 4.53. The van der Waals surface area contributed by atoms with E-state index in [1.165, 1.54) is 0 Å². The molecular formula is C14H19ClN2O2S. The maximum Gasteiger partial charge on any atom is 0.194 e. The van der Waals surface area contributed by atoms with Gasteiger partial charge in [-0.15, -0.1) is 11.3 Å². The summed E-state index contributed by atoms with van der Waals surface area (Å²) in [6.45, 7) is 4.53. The van der Waals surface area contributed by atoms with Crippen LogP contribution in [0.15, 0.2) is 16.0 Å². The predicted octanol–water partition coefficient (Wildman–Crippen LogP) is 3.53. The smallest absolute Gasteiger partial charge is 0.194 e. The minimum atomic E-state index is 0.735. The van der Waals surface area contributed by atoms with Crippen LogP contribution in [-0.4, -0.2) is 31.8 Å². The van der Waals surface area contributed by atoms with E-state index in [0.29, 0.717) is 0 Å². The molecule has 110 valence electrons. The van der Waals surface area contributed by atoms with Crippen molar-refractivity contribution >= 4 is 22.9 Å². The molecule has 0 aliphatic carbocycles. The van der Waals surface area contributed by atoms with Crippen molar-refractivity contribution in [2.24, 2.45) is 0 Å². The van der Waals surface area contributed by atoms with Crippen LogP contribution in [0.3, 0.4) is 0 Å². The highest BCUT2D eigenvalue weighted by Gasteiger charge is 2.13. The van der Waals surface area contributed by atoms with Gasteiger partial charge >= 0.3 is 0 Å². The van der Waals surface area contributed by atoms with Gasteiger partial charge in [0.25, 0.3) is 0 Å². The minimum absolute atomic E-state index is 0.735. The van der Waals surface area contributed by atoms with Crippen molar-refractivity contribution < 1.29 is 9.15 Å². The molecule has 2 aromatic heterocycles. The van der Waals surface area contributed by atoms with Crippen LogP contribution in [0.25, 0.3) is 10.6 Å². The van der Waals surface area contributed by atoms with Crippen molar-refractivity contribution in [2.45, 2.75) is 19.8 Å². The van der Waals surface area contributed by atoms with E-state index >= 15 is 0 Å². The Bertz CT molecular complexity index is 539. The fourth-order valence-electron chi connectivity index (χ4n) is 1.79. The molecule has 0 aliphatic heterocycles. The monoisotopic (exact) mass is 314 g/mol. The van der Waals surface area contributed by atoms with Gasteiger partial charge < -0.3 is 14.5 Å². The highest BCUT2D eigenvalue weighted by atomic mass is 35.5. The van der Waals surface area contributed by atoms with Gasteiger partial charge in [0.2, 0.25) is 0 Å². The SMILES string of the molecule is COCCNCCCc1ncc(-c2scc(C)c2Cl)o1. The summed E-state index contributed by atoms with van der Waals surface area (Å²) < 4.78 is 10.7. The molecule has 0 amide bonds. The summed E-state index contributed by atoms with van der Waals surface area (Å²) in [6.07, 6.45) is 3.56. The Balaban J connectivity index is 1.82. The fourth-order valence-corrected chi connectivity index (χ4v) is 3.02. The molecule has 2 heterocycles. The molecule has 0 aliphatic rings. The lowest BCUT2D eigenvalue weighted by Crippen LogP contribution is -2.20. The molecule has 0 radical (unpaired) electrons. The van der Waals surface area contributed by atoms with E-state index in [2.05, 4.69) is 10.3 Å². The van der Waals surface area contributed by atoms with Gasteiger partial charge in [0.05, 0.1) is 22.7 Å². The molecule has 4 nitrogen and oxygen atoms in total. The van der Waals surface area contributed by atoms with Crippen molar-refractivity contribution in [1.82, 2.24) is 10.3 Å². The van der Waals surface area contributed by atoms with E-state index < -0.39 is 0 Å². The number of aromatic nitrogens is 1. The number of aryl methyl sites for hydroxylation is 2. The molecule has 0 atom stereocenters. The van der Waals surface area contributed by atoms with Crippen molar-refractivity contribution in [2.75, 3.05) is 26.8 Å². The van der Waals surface area contributed by atoms with Gasteiger partial charge in [0.1, 0.15) is 0 Å². The van der Waals surface area contributed by atoms with Crippen molar-refractivity contribution in [3.63, 3.8) is 0 Å². The van der Waals surface area contributed by atoms with Crippen molar-refractivity contribution in [3.8, 4) is 10.6 Å². The normalized spacial score (nSPS) is 11.2. The molecule has 0 saturated heterocycles. The maximum absolute atomic E-state index is 6.23. The van der Waals surface area contributed by atoms with Gasteiger partial charge in [0, 0.05) is 20.1 Å². The molecule has 0 fully saturated rings. The van der Waals surface area contributed by atoms with Crippen molar-refractivity contribution in [1.29, 1.82) is 0 Å². The summed E-state index contributed by atoms with van der Waals surface area (Å²) in [5, 5.41) is 6.08. The van der Waals surface area contributed by atoms with Gasteiger partial charge in [-0.05, 0) is 30.8 Å². The molecule has 1 N–H and O–H groups in total. The van der Waals surface area contributed by atoms with E-state index in [0.717, 1.165) is 59.7 Å². The summed E-state index contributed by atoms with van der Waals surface area (Å²) in [4.78, 5) is 5.27. The number of nitrogens with one attached hydrogen (secondary N) is 1. The average molecular weight is 315 g/mol. The molecule has 20 heavy (non-hydrogen) atoms. The van der Waals surface area contributed by atoms with Gasteiger partial charge in [-0.2, -0.15) is 0 Å². The number of hydrogen-bond donors (Lipinski definition) is 1. The molecule has 0 unspecified atom stereocenters. The van der Waals surface area contributed by atoms with E-state index in [9.17, 15) is 0 Å². The van der Waals surface area contributed by atoms with Gasteiger partial charge in [0.15, 0.2) is 11.7 Å². The molecule has 0 saturated carbocycles. The first kappa shape index (κ1) is 15.5. The number of rotatable bonds is 8. The molecule has 0 spiro atoms. The number of oxazole rings is 1. The number of ether oxygens (including phenoxy) is 1. The number of nitrogens with zero attached hydrogens (tertiary/aromatic N) is 1. The first-order valence-electron chi connectivity index (χ1n) is 6.60. The third-order valence-electron chi connectivity index (χ3n) is 2.90. The lowest BCUT2D eigenvalue weighted by molar-refractivity contribution is 0.199. The van der Waals surface area contributed by atoms with E-state index in [-0.39, 0.29) is 0 Å². The predicted molar refractivity (Wildman–Crippen MR) is 82.6 cm³/mol.